The number of methoxy groups -OCH3 is 1. The van der Waals surface area contributed by atoms with Gasteiger partial charge < -0.3 is 14.6 Å². The van der Waals surface area contributed by atoms with Crippen LogP contribution in [0.2, 0.25) is 0 Å². The molecule has 0 saturated heterocycles. The minimum Gasteiger partial charge on any atom is -0.468 e. The third kappa shape index (κ3) is 3.84. The topological polar surface area (TPSA) is 67.0 Å². The van der Waals surface area contributed by atoms with Crippen LogP contribution in [0.25, 0.3) is 0 Å². The molecule has 20 heavy (non-hydrogen) atoms. The summed E-state index contributed by atoms with van der Waals surface area (Å²) in [6, 6.07) is 3.69. The molecule has 1 aromatic rings. The molecule has 1 atom stereocenters. The second-order valence-electron chi connectivity index (χ2n) is 5.40. The number of carbonyl (C=O) groups is 1. The van der Waals surface area contributed by atoms with E-state index < -0.39 is 0 Å². The van der Waals surface area contributed by atoms with Crippen molar-refractivity contribution in [3.05, 3.63) is 23.0 Å². The number of rotatable bonds is 6. The van der Waals surface area contributed by atoms with Crippen LogP contribution in [0.5, 0.6) is 0 Å². The quantitative estimate of drug-likeness (QED) is 0.806. The van der Waals surface area contributed by atoms with E-state index in [0.29, 0.717) is 18.2 Å². The third-order valence-electron chi connectivity index (χ3n) is 3.49. The van der Waals surface area contributed by atoms with Crippen LogP contribution >= 0.6 is 0 Å². The molecule has 0 aromatic carbocycles. The molecule has 0 radical (unpaired) electrons. The molecular weight excluding hydrogens is 254 g/mol. The standard InChI is InChI=1S/C15H23N3O2/c1-10(2)6-14(15(19)20-5)17-9-12-7-13(8-16)18(4)11(12)3/h7,10,14,17H,6,9H2,1-5H3. The summed E-state index contributed by atoms with van der Waals surface area (Å²) in [5, 5.41) is 12.2. The number of esters is 1. The predicted molar refractivity (Wildman–Crippen MR) is 77.0 cm³/mol. The van der Waals surface area contributed by atoms with Crippen molar-refractivity contribution in [3.8, 4) is 6.07 Å². The van der Waals surface area contributed by atoms with Crippen molar-refractivity contribution < 1.29 is 9.53 Å². The highest BCUT2D eigenvalue weighted by molar-refractivity contribution is 5.75. The minimum absolute atomic E-state index is 0.243. The fraction of sp³-hybridized carbons (Fsp3) is 0.600. The van der Waals surface area contributed by atoms with Gasteiger partial charge in [0.1, 0.15) is 17.8 Å². The summed E-state index contributed by atoms with van der Waals surface area (Å²) in [6.07, 6.45) is 0.726. The van der Waals surface area contributed by atoms with Crippen molar-refractivity contribution in [1.29, 1.82) is 5.26 Å². The van der Waals surface area contributed by atoms with Gasteiger partial charge in [0.15, 0.2) is 0 Å². The zero-order chi connectivity index (χ0) is 15.3. The van der Waals surface area contributed by atoms with E-state index >= 15 is 0 Å². The van der Waals surface area contributed by atoms with Gasteiger partial charge in [-0.2, -0.15) is 5.26 Å². The second-order valence-corrected chi connectivity index (χ2v) is 5.40. The highest BCUT2D eigenvalue weighted by Gasteiger charge is 2.20. The van der Waals surface area contributed by atoms with Gasteiger partial charge in [0.2, 0.25) is 0 Å². The molecule has 0 saturated carbocycles. The number of carbonyl (C=O) groups excluding carboxylic acids is 1. The summed E-state index contributed by atoms with van der Waals surface area (Å²) in [7, 11) is 3.27. The lowest BCUT2D eigenvalue weighted by molar-refractivity contribution is -0.143. The van der Waals surface area contributed by atoms with Gasteiger partial charge in [0.05, 0.1) is 7.11 Å². The summed E-state index contributed by atoms with van der Waals surface area (Å²) in [4.78, 5) is 11.7. The van der Waals surface area contributed by atoms with Crippen LogP contribution in [0.1, 0.15) is 37.2 Å². The first-order valence-electron chi connectivity index (χ1n) is 6.77. The molecule has 1 unspecified atom stereocenters. The number of ether oxygens (including phenoxy) is 1. The highest BCUT2D eigenvalue weighted by Crippen LogP contribution is 2.14. The Bertz CT molecular complexity index is 512. The molecule has 1 rings (SSSR count). The van der Waals surface area contributed by atoms with Crippen molar-refractivity contribution >= 4 is 5.97 Å². The van der Waals surface area contributed by atoms with E-state index in [0.717, 1.165) is 17.7 Å². The smallest absolute Gasteiger partial charge is 0.322 e. The predicted octanol–water partition coefficient (Wildman–Crippen LogP) is 1.88. The van der Waals surface area contributed by atoms with Gasteiger partial charge >= 0.3 is 5.97 Å². The lowest BCUT2D eigenvalue weighted by atomic mass is 10.0. The summed E-state index contributed by atoms with van der Waals surface area (Å²) in [5.74, 6) is 0.158. The Morgan fingerprint density at radius 1 is 1.55 bits per heavy atom. The van der Waals surface area contributed by atoms with E-state index in [4.69, 9.17) is 10.00 Å². The maximum absolute atomic E-state index is 11.7. The summed E-state index contributed by atoms with van der Waals surface area (Å²) in [6.45, 7) is 6.65. The second kappa shape index (κ2) is 7.11. The molecule has 0 aliphatic carbocycles. The SMILES string of the molecule is COC(=O)C(CC(C)C)NCc1cc(C#N)n(C)c1C. The number of nitriles is 1. The van der Waals surface area contributed by atoms with Crippen molar-refractivity contribution in [1.82, 2.24) is 9.88 Å². The first-order valence-corrected chi connectivity index (χ1v) is 6.77. The lowest BCUT2D eigenvalue weighted by Gasteiger charge is -2.18. The third-order valence-corrected chi connectivity index (χ3v) is 3.49. The van der Waals surface area contributed by atoms with E-state index in [9.17, 15) is 4.79 Å². The molecule has 1 heterocycles. The van der Waals surface area contributed by atoms with Gasteiger partial charge in [-0.1, -0.05) is 13.8 Å². The number of hydrogen-bond acceptors (Lipinski definition) is 4. The average Bonchev–Trinajstić information content (AvgIpc) is 2.69. The molecule has 5 nitrogen and oxygen atoms in total. The van der Waals surface area contributed by atoms with Gasteiger partial charge in [-0.05, 0) is 30.9 Å². The molecule has 0 aliphatic rings. The normalized spacial score (nSPS) is 12.2. The van der Waals surface area contributed by atoms with Gasteiger partial charge in [-0.15, -0.1) is 0 Å². The van der Waals surface area contributed by atoms with E-state index in [1.807, 2.05) is 24.6 Å². The summed E-state index contributed by atoms with van der Waals surface area (Å²) >= 11 is 0. The Morgan fingerprint density at radius 2 is 2.20 bits per heavy atom. The van der Waals surface area contributed by atoms with Crippen LogP contribution in [-0.4, -0.2) is 23.7 Å². The number of nitrogens with one attached hydrogen (secondary N) is 1. The molecule has 0 spiro atoms. The molecule has 0 aliphatic heterocycles. The van der Waals surface area contributed by atoms with Gasteiger partial charge in [0, 0.05) is 19.3 Å². The molecule has 1 N–H and O–H groups in total. The van der Waals surface area contributed by atoms with E-state index in [2.05, 4.69) is 25.2 Å². The van der Waals surface area contributed by atoms with Crippen LogP contribution in [0.3, 0.4) is 0 Å². The van der Waals surface area contributed by atoms with Gasteiger partial charge in [-0.25, -0.2) is 0 Å². The summed E-state index contributed by atoms with van der Waals surface area (Å²) in [5.41, 5.74) is 2.68. The van der Waals surface area contributed by atoms with Crippen LogP contribution in [-0.2, 0) is 23.1 Å². The molecular formula is C15H23N3O2. The van der Waals surface area contributed by atoms with Crippen molar-refractivity contribution in [2.75, 3.05) is 7.11 Å². The molecule has 0 fully saturated rings. The molecule has 1 aromatic heterocycles. The Kier molecular flexibility index (Phi) is 5.78. The number of nitrogens with zero attached hydrogens (tertiary/aromatic N) is 2. The van der Waals surface area contributed by atoms with Gasteiger partial charge in [-0.3, -0.25) is 4.79 Å². The van der Waals surface area contributed by atoms with E-state index in [1.165, 1.54) is 7.11 Å². The van der Waals surface area contributed by atoms with Crippen molar-refractivity contribution in [2.24, 2.45) is 13.0 Å². The monoisotopic (exact) mass is 277 g/mol. The number of hydrogen-bond donors (Lipinski definition) is 1. The van der Waals surface area contributed by atoms with E-state index in [1.54, 1.807) is 0 Å². The molecule has 110 valence electrons. The maximum atomic E-state index is 11.7. The zero-order valence-electron chi connectivity index (χ0n) is 12.9. The van der Waals surface area contributed by atoms with Crippen LogP contribution in [0.4, 0.5) is 0 Å². The fourth-order valence-electron chi connectivity index (χ4n) is 2.16. The minimum atomic E-state index is -0.315. The molecule has 5 heteroatoms. The first kappa shape index (κ1) is 16.3. The Hall–Kier alpha value is -1.80. The number of aromatic nitrogens is 1. The highest BCUT2D eigenvalue weighted by atomic mass is 16.5. The average molecular weight is 277 g/mol. The van der Waals surface area contributed by atoms with Crippen molar-refractivity contribution in [3.63, 3.8) is 0 Å². The lowest BCUT2D eigenvalue weighted by Crippen LogP contribution is -2.38. The van der Waals surface area contributed by atoms with Crippen LogP contribution < -0.4 is 5.32 Å². The van der Waals surface area contributed by atoms with E-state index in [-0.39, 0.29) is 12.0 Å². The maximum Gasteiger partial charge on any atom is 0.322 e. The summed E-state index contributed by atoms with van der Waals surface area (Å²) < 4.78 is 6.68. The Balaban J connectivity index is 2.77. The Morgan fingerprint density at radius 3 is 2.65 bits per heavy atom. The van der Waals surface area contributed by atoms with Crippen LogP contribution in [0.15, 0.2) is 6.07 Å². The fourth-order valence-corrected chi connectivity index (χ4v) is 2.16. The van der Waals surface area contributed by atoms with Crippen molar-refractivity contribution in [2.45, 2.75) is 39.8 Å². The molecule has 0 bridgehead atoms. The largest absolute Gasteiger partial charge is 0.468 e. The van der Waals surface area contributed by atoms with Gasteiger partial charge in [0.25, 0.3) is 0 Å². The Labute approximate surface area is 120 Å². The molecule has 0 amide bonds. The van der Waals surface area contributed by atoms with Crippen LogP contribution in [0, 0.1) is 24.2 Å². The first-order chi connectivity index (χ1) is 9.40. The zero-order valence-corrected chi connectivity index (χ0v) is 12.9.